The number of amides is 4. The minimum absolute atomic E-state index is 0.0448. The molecule has 2 heterocycles. The number of carbonyl (C=O) groups excluding carboxylic acids is 4. The number of aromatic hydroxyl groups is 1. The monoisotopic (exact) mass is 618 g/mol. The fourth-order valence-corrected chi connectivity index (χ4v) is 7.49. The predicted molar refractivity (Wildman–Crippen MR) is 128 cm³/mol. The Morgan fingerprint density at radius 2 is 1.46 bits per heavy atom. The zero-order valence-electron chi connectivity index (χ0n) is 20.1. The van der Waals surface area contributed by atoms with Gasteiger partial charge in [0.2, 0.25) is 17.6 Å². The minimum Gasteiger partial charge on any atom is -0.505 e. The Kier molecular flexibility index (Phi) is 5.86. The minimum atomic E-state index is -2.76. The lowest BCUT2D eigenvalue weighted by Gasteiger charge is -2.50. The highest BCUT2D eigenvalue weighted by Gasteiger charge is 2.77. The second kappa shape index (κ2) is 8.71. The molecule has 6 atom stereocenters. The number of phenols is 1. The molecule has 1 saturated carbocycles. The van der Waals surface area contributed by atoms with Crippen LogP contribution < -0.4 is 10.2 Å². The summed E-state index contributed by atoms with van der Waals surface area (Å²) < 4.78 is 86.4. The molecule has 0 aromatic heterocycles. The normalized spacial score (nSPS) is 32.5. The molecule has 2 N–H and O–H groups in total. The number of hydrogen-bond donors (Lipinski definition) is 2. The number of imide groups is 2. The van der Waals surface area contributed by atoms with E-state index >= 15 is 0 Å². The first-order valence-corrected chi connectivity index (χ1v) is 12.7. The van der Waals surface area contributed by atoms with E-state index in [1.54, 1.807) is 0 Å². The molecule has 2 aliphatic carbocycles. The Bertz CT molecular complexity index is 1640. The van der Waals surface area contributed by atoms with Gasteiger partial charge in [-0.1, -0.05) is 17.7 Å². The van der Waals surface area contributed by atoms with Crippen LogP contribution in [0.2, 0.25) is 0 Å². The standard InChI is InChI=1S/C26H14Cl2F6N2O5/c27-25-6-10-8(2-3-9-13(10)22(39)35-21(9)38)14(7-1-4-12(37)11(29)5-7)26(25,28)24(41)36(23(25)40)20-18(33)16(31)15(30)17(32)19(20)34/h1-2,4-5,9-10,13-14,37H,3,6H2,(H,35,38,39)/t9-,10+,13-,14-,25+,26-/m0/s1. The van der Waals surface area contributed by atoms with Crippen molar-refractivity contribution in [3.8, 4) is 5.75 Å². The van der Waals surface area contributed by atoms with E-state index in [4.69, 9.17) is 23.2 Å². The third-order valence-electron chi connectivity index (χ3n) is 8.37. The quantitative estimate of drug-likeness (QED) is 0.132. The van der Waals surface area contributed by atoms with Crippen molar-refractivity contribution in [2.24, 2.45) is 17.8 Å². The molecule has 4 amide bonds. The summed E-state index contributed by atoms with van der Waals surface area (Å²) in [6.07, 6.45) is 0.745. The first-order valence-electron chi connectivity index (χ1n) is 12.0. The largest absolute Gasteiger partial charge is 0.505 e. The van der Waals surface area contributed by atoms with Crippen LogP contribution in [0.25, 0.3) is 0 Å². The fourth-order valence-electron chi connectivity index (χ4n) is 6.55. The zero-order chi connectivity index (χ0) is 29.9. The second-order valence-corrected chi connectivity index (χ2v) is 11.5. The molecule has 2 aromatic carbocycles. The number of rotatable bonds is 2. The third kappa shape index (κ3) is 3.30. The van der Waals surface area contributed by atoms with E-state index in [1.165, 1.54) is 6.08 Å². The van der Waals surface area contributed by atoms with E-state index in [9.17, 15) is 50.6 Å². The molecule has 6 rings (SSSR count). The zero-order valence-corrected chi connectivity index (χ0v) is 21.6. The molecule has 4 aliphatic rings. The van der Waals surface area contributed by atoms with Gasteiger partial charge in [0.05, 0.1) is 11.8 Å². The Morgan fingerprint density at radius 3 is 2.07 bits per heavy atom. The number of benzene rings is 2. The summed E-state index contributed by atoms with van der Waals surface area (Å²) in [5.41, 5.74) is -1.92. The molecule has 2 aromatic rings. The number of alkyl halides is 2. The predicted octanol–water partition coefficient (Wildman–Crippen LogP) is 4.08. The van der Waals surface area contributed by atoms with Gasteiger partial charge in [-0.2, -0.15) is 0 Å². The van der Waals surface area contributed by atoms with Crippen molar-refractivity contribution in [3.63, 3.8) is 0 Å². The summed E-state index contributed by atoms with van der Waals surface area (Å²) in [5, 5.41) is 11.9. The van der Waals surface area contributed by atoms with Gasteiger partial charge in [-0.15, -0.1) is 23.2 Å². The Balaban J connectivity index is 1.62. The number of nitrogens with zero attached hydrogens (tertiary/aromatic N) is 1. The van der Waals surface area contributed by atoms with Gasteiger partial charge in [0.1, 0.15) is 5.69 Å². The number of allylic oxidation sites excluding steroid dienone is 2. The summed E-state index contributed by atoms with van der Waals surface area (Å²) in [7, 11) is 0. The first kappa shape index (κ1) is 27.6. The number of halogens is 8. The SMILES string of the molecule is O=C1NC(=O)[C@H]2CC=C3[C@@H](C[C@@]4(Cl)C(=O)N(c5c(F)c(F)c(F)c(F)c5F)C(=O)[C@@]4(Cl)[C@H]3c3ccc(O)c(F)c3)[C@@H]12. The topological polar surface area (TPSA) is 104 Å². The number of carbonyl (C=O) groups is 4. The molecule has 2 aliphatic heterocycles. The molecule has 15 heteroatoms. The molecule has 214 valence electrons. The number of anilines is 1. The van der Waals surface area contributed by atoms with Crippen molar-refractivity contribution in [2.45, 2.75) is 28.5 Å². The first-order chi connectivity index (χ1) is 19.2. The molecule has 0 unspecified atom stereocenters. The van der Waals surface area contributed by atoms with Gasteiger partial charge >= 0.3 is 0 Å². The highest BCUT2D eigenvalue weighted by atomic mass is 35.5. The van der Waals surface area contributed by atoms with Gasteiger partial charge in [-0.05, 0) is 36.5 Å². The number of fused-ring (bicyclic) bond motifs is 4. The van der Waals surface area contributed by atoms with Crippen molar-refractivity contribution in [3.05, 3.63) is 70.3 Å². The number of hydrogen-bond acceptors (Lipinski definition) is 5. The van der Waals surface area contributed by atoms with Crippen LogP contribution in [0.5, 0.6) is 5.75 Å². The van der Waals surface area contributed by atoms with Gasteiger partial charge in [0.25, 0.3) is 11.8 Å². The molecule has 0 radical (unpaired) electrons. The average Bonchev–Trinajstić information content (AvgIpc) is 3.30. The van der Waals surface area contributed by atoms with Crippen molar-refractivity contribution in [1.82, 2.24) is 5.32 Å². The molecule has 41 heavy (non-hydrogen) atoms. The molecular weight excluding hydrogens is 605 g/mol. The Hall–Kier alpha value is -3.58. The summed E-state index contributed by atoms with van der Waals surface area (Å²) >= 11 is 13.7. The van der Waals surface area contributed by atoms with E-state index in [-0.39, 0.29) is 22.5 Å². The van der Waals surface area contributed by atoms with Crippen LogP contribution >= 0.6 is 23.2 Å². The van der Waals surface area contributed by atoms with Gasteiger partial charge < -0.3 is 5.11 Å². The second-order valence-electron chi connectivity index (χ2n) is 10.3. The van der Waals surface area contributed by atoms with E-state index in [0.29, 0.717) is 0 Å². The van der Waals surface area contributed by atoms with Gasteiger partial charge in [0.15, 0.2) is 44.6 Å². The average molecular weight is 619 g/mol. The summed E-state index contributed by atoms with van der Waals surface area (Å²) in [6.45, 7) is 0. The van der Waals surface area contributed by atoms with Crippen LogP contribution in [0.1, 0.15) is 24.3 Å². The number of phenolic OH excluding ortho intramolecular Hbond substituents is 1. The molecular formula is C26H14Cl2F6N2O5. The molecule has 7 nitrogen and oxygen atoms in total. The van der Waals surface area contributed by atoms with Gasteiger partial charge in [0, 0.05) is 5.92 Å². The van der Waals surface area contributed by atoms with Gasteiger partial charge in [-0.25, -0.2) is 31.2 Å². The lowest BCUT2D eigenvalue weighted by Crippen LogP contribution is -2.60. The lowest BCUT2D eigenvalue weighted by atomic mass is 9.56. The Morgan fingerprint density at radius 1 is 0.854 bits per heavy atom. The molecule has 2 saturated heterocycles. The summed E-state index contributed by atoms with van der Waals surface area (Å²) in [4.78, 5) is 47.2. The van der Waals surface area contributed by atoms with Gasteiger partial charge in [-0.3, -0.25) is 24.5 Å². The van der Waals surface area contributed by atoms with Crippen LogP contribution in [-0.2, 0) is 19.2 Å². The van der Waals surface area contributed by atoms with Crippen LogP contribution in [-0.4, -0.2) is 38.5 Å². The highest BCUT2D eigenvalue weighted by Crippen LogP contribution is 2.65. The van der Waals surface area contributed by atoms with Crippen molar-refractivity contribution >= 4 is 52.5 Å². The van der Waals surface area contributed by atoms with Crippen molar-refractivity contribution in [2.75, 3.05) is 4.90 Å². The van der Waals surface area contributed by atoms with E-state index in [1.807, 2.05) is 0 Å². The summed E-state index contributed by atoms with van der Waals surface area (Å²) in [6, 6.07) is 2.78. The van der Waals surface area contributed by atoms with Crippen LogP contribution in [0.3, 0.4) is 0 Å². The van der Waals surface area contributed by atoms with E-state index in [0.717, 1.165) is 18.2 Å². The number of nitrogens with one attached hydrogen (secondary N) is 1. The lowest BCUT2D eigenvalue weighted by molar-refractivity contribution is -0.127. The summed E-state index contributed by atoms with van der Waals surface area (Å²) in [5.74, 6) is -23.9. The van der Waals surface area contributed by atoms with Crippen LogP contribution in [0, 0.1) is 52.7 Å². The fraction of sp³-hybridized carbons (Fsp3) is 0.308. The molecule has 3 fully saturated rings. The maximum absolute atomic E-state index is 14.9. The molecule has 0 spiro atoms. The van der Waals surface area contributed by atoms with Crippen LogP contribution in [0.4, 0.5) is 32.0 Å². The van der Waals surface area contributed by atoms with Crippen molar-refractivity contribution < 1.29 is 50.6 Å². The van der Waals surface area contributed by atoms with Crippen molar-refractivity contribution in [1.29, 1.82) is 0 Å². The Labute approximate surface area is 235 Å². The molecule has 0 bridgehead atoms. The van der Waals surface area contributed by atoms with Crippen LogP contribution in [0.15, 0.2) is 29.8 Å². The maximum Gasteiger partial charge on any atom is 0.258 e. The maximum atomic E-state index is 14.9. The highest BCUT2D eigenvalue weighted by molar-refractivity contribution is 6.58. The van der Waals surface area contributed by atoms with E-state index < -0.39 is 110 Å². The third-order valence-corrected chi connectivity index (χ3v) is 9.78. The van der Waals surface area contributed by atoms with E-state index in [2.05, 4.69) is 5.32 Å². The smallest absolute Gasteiger partial charge is 0.258 e.